The average Bonchev–Trinajstić information content (AvgIpc) is 3.80. The minimum Gasteiger partial charge on any atom is -0.457 e. The molecule has 0 saturated heterocycles. The van der Waals surface area contributed by atoms with Crippen molar-refractivity contribution < 1.29 is 4.74 Å². The molecule has 196 valence electrons. The van der Waals surface area contributed by atoms with Crippen molar-refractivity contribution in [1.82, 2.24) is 27.9 Å². The fraction of sp³-hybridized carbons (Fsp3) is 0. The Morgan fingerprint density at radius 2 is 0.951 bits per heavy atom. The molecule has 4 aromatic heterocycles. The Kier molecular flexibility index (Phi) is 5.31. The van der Waals surface area contributed by atoms with Crippen LogP contribution in [0.25, 0.3) is 45.4 Å². The molecular formula is C34H24N6O. The summed E-state index contributed by atoms with van der Waals surface area (Å²) in [5.41, 5.74) is 6.27. The van der Waals surface area contributed by atoms with Gasteiger partial charge >= 0.3 is 0 Å². The summed E-state index contributed by atoms with van der Waals surface area (Å²) in [5.74, 6) is 3.15. The third-order valence-electron chi connectivity index (χ3n) is 7.23. The number of nitrogens with zero attached hydrogens (tertiary/aromatic N) is 6. The summed E-state index contributed by atoms with van der Waals surface area (Å²) in [6, 6.07) is 36.9. The monoisotopic (exact) mass is 532 g/mol. The van der Waals surface area contributed by atoms with Crippen molar-refractivity contribution in [3.63, 3.8) is 0 Å². The number of hydrogen-bond donors (Lipinski definition) is 0. The molecule has 41 heavy (non-hydrogen) atoms. The first-order valence-corrected chi connectivity index (χ1v) is 13.4. The largest absolute Gasteiger partial charge is 0.457 e. The van der Waals surface area contributed by atoms with Crippen LogP contribution in [0.4, 0.5) is 0 Å². The standard InChI is InChI=1S/C34H24N6O/c1-3-9-25(10-4-1)31-23-37-19-17-35-33(37)39(31)27-13-7-15-29(21-27)41-30-16-8-14-28(22-30)40-32(26-11-5-2-6-12-26)24-38-20-18-36-34(38)40/h1-24H. The van der Waals surface area contributed by atoms with E-state index in [-0.39, 0.29) is 0 Å². The van der Waals surface area contributed by atoms with E-state index in [0.717, 1.165) is 56.9 Å². The lowest BCUT2D eigenvalue weighted by Gasteiger charge is -2.13. The SMILES string of the molecule is c1ccc(-c2cn3ccnc3n2-c2cccc(Oc3cccc(-n4c(-c5ccccc5)cn5ccnc45)c3)c2)cc1. The van der Waals surface area contributed by atoms with Crippen molar-refractivity contribution >= 4 is 11.6 Å². The van der Waals surface area contributed by atoms with Gasteiger partial charge in [0, 0.05) is 60.4 Å². The minimum absolute atomic E-state index is 0.735. The molecule has 4 aromatic carbocycles. The molecule has 0 N–H and O–H groups in total. The van der Waals surface area contributed by atoms with Crippen LogP contribution in [0, 0.1) is 0 Å². The van der Waals surface area contributed by atoms with Gasteiger partial charge in [0.15, 0.2) is 0 Å². The van der Waals surface area contributed by atoms with Crippen LogP contribution in [0.5, 0.6) is 11.5 Å². The second-order valence-electron chi connectivity index (χ2n) is 9.80. The summed E-state index contributed by atoms with van der Waals surface area (Å²) >= 11 is 0. The van der Waals surface area contributed by atoms with Gasteiger partial charge in [0.05, 0.1) is 22.8 Å². The first-order valence-electron chi connectivity index (χ1n) is 13.4. The molecule has 0 aliphatic rings. The lowest BCUT2D eigenvalue weighted by atomic mass is 10.1. The lowest BCUT2D eigenvalue weighted by Crippen LogP contribution is -1.99. The number of hydrogen-bond acceptors (Lipinski definition) is 3. The van der Waals surface area contributed by atoms with Crippen LogP contribution in [-0.2, 0) is 0 Å². The molecule has 0 aliphatic heterocycles. The van der Waals surface area contributed by atoms with Gasteiger partial charge in [0.2, 0.25) is 11.6 Å². The highest BCUT2D eigenvalue weighted by Crippen LogP contribution is 2.32. The highest BCUT2D eigenvalue weighted by atomic mass is 16.5. The van der Waals surface area contributed by atoms with Gasteiger partial charge in [-0.05, 0) is 24.3 Å². The zero-order valence-corrected chi connectivity index (χ0v) is 21.9. The predicted octanol–water partition coefficient (Wildman–Crippen LogP) is 7.69. The smallest absolute Gasteiger partial charge is 0.219 e. The maximum atomic E-state index is 6.45. The fourth-order valence-electron chi connectivity index (χ4n) is 5.40. The van der Waals surface area contributed by atoms with E-state index in [4.69, 9.17) is 4.74 Å². The molecule has 0 bridgehead atoms. The summed E-state index contributed by atoms with van der Waals surface area (Å²) in [5, 5.41) is 0. The molecule has 0 amide bonds. The van der Waals surface area contributed by atoms with E-state index in [1.165, 1.54) is 0 Å². The summed E-state index contributed by atoms with van der Waals surface area (Å²) in [6.07, 6.45) is 11.8. The summed E-state index contributed by atoms with van der Waals surface area (Å²) in [4.78, 5) is 9.25. The first kappa shape index (κ1) is 23.1. The van der Waals surface area contributed by atoms with Gasteiger partial charge in [-0.25, -0.2) is 9.97 Å². The van der Waals surface area contributed by atoms with Crippen LogP contribution in [0.3, 0.4) is 0 Å². The number of aromatic nitrogens is 6. The number of fused-ring (bicyclic) bond motifs is 2. The van der Waals surface area contributed by atoms with Crippen LogP contribution in [0.2, 0.25) is 0 Å². The highest BCUT2D eigenvalue weighted by Gasteiger charge is 2.16. The van der Waals surface area contributed by atoms with Crippen LogP contribution < -0.4 is 4.74 Å². The second kappa shape index (κ2) is 9.43. The third kappa shape index (κ3) is 3.99. The van der Waals surface area contributed by atoms with Crippen molar-refractivity contribution in [2.75, 3.05) is 0 Å². The number of imidazole rings is 4. The molecule has 0 aliphatic carbocycles. The Morgan fingerprint density at radius 1 is 0.488 bits per heavy atom. The molecule has 0 radical (unpaired) electrons. The third-order valence-corrected chi connectivity index (χ3v) is 7.23. The number of benzene rings is 4. The van der Waals surface area contributed by atoms with Gasteiger partial charge in [-0.2, -0.15) is 0 Å². The second-order valence-corrected chi connectivity index (χ2v) is 9.80. The summed E-state index contributed by atoms with van der Waals surface area (Å²) in [6.45, 7) is 0. The van der Waals surface area contributed by atoms with E-state index < -0.39 is 0 Å². The molecule has 0 unspecified atom stereocenters. The van der Waals surface area contributed by atoms with Crippen LogP contribution in [0.15, 0.2) is 146 Å². The zero-order valence-electron chi connectivity index (χ0n) is 21.9. The summed E-state index contributed by atoms with van der Waals surface area (Å²) < 4.78 is 14.8. The van der Waals surface area contributed by atoms with E-state index in [0.29, 0.717) is 0 Å². The van der Waals surface area contributed by atoms with Gasteiger partial charge in [0.1, 0.15) is 11.5 Å². The van der Waals surface area contributed by atoms with Crippen molar-refractivity contribution in [2.24, 2.45) is 0 Å². The average molecular weight is 533 g/mol. The first-order chi connectivity index (χ1) is 20.3. The molecule has 8 aromatic rings. The van der Waals surface area contributed by atoms with E-state index in [1.54, 1.807) is 0 Å². The van der Waals surface area contributed by atoms with Crippen LogP contribution in [0.1, 0.15) is 0 Å². The Hall–Kier alpha value is -5.82. The van der Waals surface area contributed by atoms with Gasteiger partial charge in [0.25, 0.3) is 0 Å². The van der Waals surface area contributed by atoms with Gasteiger partial charge in [-0.1, -0.05) is 72.8 Å². The molecule has 4 heterocycles. The molecule has 0 fully saturated rings. The Balaban J connectivity index is 1.18. The van der Waals surface area contributed by atoms with E-state index in [2.05, 4.69) is 67.9 Å². The molecule has 8 rings (SSSR count). The molecular weight excluding hydrogens is 508 g/mol. The molecule has 0 spiro atoms. The Labute approximate surface area is 235 Å². The zero-order chi connectivity index (χ0) is 27.2. The van der Waals surface area contributed by atoms with Crippen molar-refractivity contribution in [1.29, 1.82) is 0 Å². The van der Waals surface area contributed by atoms with Gasteiger partial charge in [-0.3, -0.25) is 17.9 Å². The minimum atomic E-state index is 0.735. The quantitative estimate of drug-likeness (QED) is 0.221. The lowest BCUT2D eigenvalue weighted by molar-refractivity contribution is 0.482. The van der Waals surface area contributed by atoms with Crippen LogP contribution in [-0.4, -0.2) is 27.9 Å². The van der Waals surface area contributed by atoms with E-state index in [9.17, 15) is 0 Å². The molecule has 0 atom stereocenters. The fourth-order valence-corrected chi connectivity index (χ4v) is 5.40. The molecule has 7 nitrogen and oxygen atoms in total. The Morgan fingerprint density at radius 3 is 1.41 bits per heavy atom. The summed E-state index contributed by atoms with van der Waals surface area (Å²) in [7, 11) is 0. The van der Waals surface area contributed by atoms with Crippen molar-refractivity contribution in [2.45, 2.75) is 0 Å². The Bertz CT molecular complexity index is 1980. The van der Waals surface area contributed by atoms with Gasteiger partial charge in [-0.15, -0.1) is 0 Å². The predicted molar refractivity (Wildman–Crippen MR) is 160 cm³/mol. The maximum Gasteiger partial charge on any atom is 0.219 e. The highest BCUT2D eigenvalue weighted by molar-refractivity contribution is 5.68. The van der Waals surface area contributed by atoms with Gasteiger partial charge < -0.3 is 4.74 Å². The number of ether oxygens (including phenoxy) is 1. The van der Waals surface area contributed by atoms with E-state index >= 15 is 0 Å². The van der Waals surface area contributed by atoms with Crippen molar-refractivity contribution in [3.05, 3.63) is 146 Å². The van der Waals surface area contributed by atoms with E-state index in [1.807, 2.05) is 106 Å². The topological polar surface area (TPSA) is 53.7 Å². The van der Waals surface area contributed by atoms with Crippen LogP contribution >= 0.6 is 0 Å². The maximum absolute atomic E-state index is 6.45. The molecule has 0 saturated carbocycles. The number of rotatable bonds is 6. The molecule has 7 heteroatoms. The normalized spacial score (nSPS) is 11.4. The van der Waals surface area contributed by atoms with Crippen molar-refractivity contribution in [3.8, 4) is 45.4 Å².